The van der Waals surface area contributed by atoms with E-state index in [2.05, 4.69) is 20.2 Å². The number of benzene rings is 1. The van der Waals surface area contributed by atoms with Gasteiger partial charge in [0.2, 0.25) is 5.95 Å². The van der Waals surface area contributed by atoms with E-state index < -0.39 is 0 Å². The van der Waals surface area contributed by atoms with Gasteiger partial charge in [0.1, 0.15) is 12.4 Å². The van der Waals surface area contributed by atoms with E-state index in [1.54, 1.807) is 13.1 Å². The summed E-state index contributed by atoms with van der Waals surface area (Å²) in [4.78, 5) is 25.2. The molecule has 2 aromatic rings. The molecule has 1 aromatic carbocycles. The van der Waals surface area contributed by atoms with E-state index in [1.807, 2.05) is 43.0 Å². The van der Waals surface area contributed by atoms with E-state index in [0.29, 0.717) is 30.8 Å². The lowest BCUT2D eigenvalue weighted by Crippen LogP contribution is -2.46. The van der Waals surface area contributed by atoms with Crippen LogP contribution in [0.15, 0.2) is 30.5 Å². The molecular formula is C19H24ClN5O2. The van der Waals surface area contributed by atoms with Gasteiger partial charge < -0.3 is 19.9 Å². The summed E-state index contributed by atoms with van der Waals surface area (Å²) in [6.45, 7) is 7.40. The summed E-state index contributed by atoms with van der Waals surface area (Å²) in [7, 11) is 0. The van der Waals surface area contributed by atoms with Crippen molar-refractivity contribution in [2.45, 2.75) is 33.4 Å². The third-order valence-corrected chi connectivity index (χ3v) is 4.40. The lowest BCUT2D eigenvalue weighted by atomic mass is 10.2. The van der Waals surface area contributed by atoms with Gasteiger partial charge in [-0.05, 0) is 32.9 Å². The molecule has 1 aliphatic heterocycles. The number of nitrogens with zero attached hydrogens (tertiary/aromatic N) is 4. The summed E-state index contributed by atoms with van der Waals surface area (Å²) >= 11 is 6.38. The Morgan fingerprint density at radius 2 is 2.15 bits per heavy atom. The monoisotopic (exact) mass is 389 g/mol. The minimum Gasteiger partial charge on any atom is -0.465 e. The normalized spacial score (nSPS) is 13.5. The van der Waals surface area contributed by atoms with Gasteiger partial charge in [-0.25, -0.2) is 4.98 Å². The molecule has 0 atom stereocenters. The molecule has 1 aromatic heterocycles. The number of nitrogens with one attached hydrogen (secondary N) is 1. The molecule has 7 nitrogen and oxygen atoms in total. The van der Waals surface area contributed by atoms with Crippen LogP contribution in [0.2, 0.25) is 5.02 Å². The van der Waals surface area contributed by atoms with E-state index >= 15 is 0 Å². The Kier molecular flexibility index (Phi) is 6.01. The average molecular weight is 390 g/mol. The summed E-state index contributed by atoms with van der Waals surface area (Å²) in [5.41, 5.74) is 1.84. The first kappa shape index (κ1) is 19.2. The fourth-order valence-electron chi connectivity index (χ4n) is 3.00. The molecule has 2 heterocycles. The van der Waals surface area contributed by atoms with Gasteiger partial charge in [-0.1, -0.05) is 23.7 Å². The van der Waals surface area contributed by atoms with Gasteiger partial charge in [0, 0.05) is 24.3 Å². The molecule has 0 amide bonds. The van der Waals surface area contributed by atoms with Crippen LogP contribution in [0.25, 0.3) is 0 Å². The topological polar surface area (TPSA) is 70.6 Å². The highest BCUT2D eigenvalue weighted by molar-refractivity contribution is 6.33. The maximum Gasteiger partial charge on any atom is 0.325 e. The van der Waals surface area contributed by atoms with Gasteiger partial charge in [-0.15, -0.1) is 0 Å². The summed E-state index contributed by atoms with van der Waals surface area (Å²) in [6.07, 6.45) is 1.80. The number of rotatable bonds is 6. The van der Waals surface area contributed by atoms with Crippen LogP contribution in [0.1, 0.15) is 26.3 Å². The number of carbonyl (C=O) groups is 1. The molecule has 8 heteroatoms. The first-order chi connectivity index (χ1) is 13.0. The van der Waals surface area contributed by atoms with E-state index in [9.17, 15) is 4.79 Å². The van der Waals surface area contributed by atoms with Crippen molar-refractivity contribution in [2.75, 3.05) is 34.9 Å². The molecule has 0 unspecified atom stereocenters. The zero-order valence-electron chi connectivity index (χ0n) is 15.8. The third kappa shape index (κ3) is 4.60. The molecule has 0 fully saturated rings. The van der Waals surface area contributed by atoms with E-state index in [0.717, 1.165) is 17.1 Å². The lowest BCUT2D eigenvalue weighted by Gasteiger charge is -2.38. The van der Waals surface area contributed by atoms with Crippen LogP contribution >= 0.6 is 11.6 Å². The molecule has 0 saturated heterocycles. The Labute approximate surface area is 164 Å². The van der Waals surface area contributed by atoms with Crippen LogP contribution in [0.3, 0.4) is 0 Å². The number of aromatic nitrogens is 2. The van der Waals surface area contributed by atoms with Crippen molar-refractivity contribution in [3.63, 3.8) is 0 Å². The molecule has 0 spiro atoms. The van der Waals surface area contributed by atoms with Crippen LogP contribution in [0.5, 0.6) is 0 Å². The second-order valence-electron chi connectivity index (χ2n) is 6.64. The number of fused-ring (bicyclic) bond motifs is 1. The average Bonchev–Trinajstić information content (AvgIpc) is 2.62. The number of hydrogen-bond donors (Lipinski definition) is 1. The standard InChI is InChI=1S/C19H24ClN5O2/c1-4-27-17(26)11-25-12-24(16-8-6-5-7-15(16)20)10-14-9-21-19(22-13(2)3)23-18(14)25/h5-9,13H,4,10-12H2,1-3H3,(H,21,22,23). The van der Waals surface area contributed by atoms with Crippen LogP contribution in [-0.4, -0.2) is 41.8 Å². The summed E-state index contributed by atoms with van der Waals surface area (Å²) < 4.78 is 5.13. The Morgan fingerprint density at radius 3 is 2.85 bits per heavy atom. The highest BCUT2D eigenvalue weighted by atomic mass is 35.5. The fraction of sp³-hybridized carbons (Fsp3) is 0.421. The molecule has 0 bridgehead atoms. The number of esters is 1. The number of hydrogen-bond acceptors (Lipinski definition) is 7. The van der Waals surface area contributed by atoms with Gasteiger partial charge in [-0.3, -0.25) is 4.79 Å². The molecule has 27 heavy (non-hydrogen) atoms. The Balaban J connectivity index is 1.93. The minimum absolute atomic E-state index is 0.111. The number of anilines is 3. The zero-order valence-corrected chi connectivity index (χ0v) is 16.5. The Bertz CT molecular complexity index is 814. The van der Waals surface area contributed by atoms with Crippen LogP contribution in [0, 0.1) is 0 Å². The second kappa shape index (κ2) is 8.43. The van der Waals surface area contributed by atoms with Crippen molar-refractivity contribution in [1.29, 1.82) is 0 Å². The highest BCUT2D eigenvalue weighted by Crippen LogP contribution is 2.33. The van der Waals surface area contributed by atoms with Crippen molar-refractivity contribution < 1.29 is 9.53 Å². The molecule has 3 rings (SSSR count). The maximum atomic E-state index is 12.1. The van der Waals surface area contributed by atoms with E-state index in [4.69, 9.17) is 16.3 Å². The van der Waals surface area contributed by atoms with Gasteiger partial charge >= 0.3 is 5.97 Å². The number of para-hydroxylation sites is 1. The van der Waals surface area contributed by atoms with Crippen LogP contribution < -0.4 is 15.1 Å². The van der Waals surface area contributed by atoms with Crippen LogP contribution in [-0.2, 0) is 16.1 Å². The number of carbonyl (C=O) groups excluding carboxylic acids is 1. The van der Waals surface area contributed by atoms with Crippen molar-refractivity contribution in [3.05, 3.63) is 41.0 Å². The first-order valence-corrected chi connectivity index (χ1v) is 9.38. The molecule has 0 saturated carbocycles. The van der Waals surface area contributed by atoms with Crippen molar-refractivity contribution in [1.82, 2.24) is 9.97 Å². The second-order valence-corrected chi connectivity index (χ2v) is 7.04. The Hall–Kier alpha value is -2.54. The molecule has 0 radical (unpaired) electrons. The van der Waals surface area contributed by atoms with Gasteiger partial charge in [0.15, 0.2) is 0 Å². The molecule has 1 aliphatic rings. The largest absolute Gasteiger partial charge is 0.465 e. The van der Waals surface area contributed by atoms with Crippen molar-refractivity contribution >= 4 is 35.0 Å². The third-order valence-electron chi connectivity index (χ3n) is 4.08. The fourth-order valence-corrected chi connectivity index (χ4v) is 3.25. The van der Waals surface area contributed by atoms with E-state index in [-0.39, 0.29) is 18.6 Å². The van der Waals surface area contributed by atoms with Crippen molar-refractivity contribution in [2.24, 2.45) is 0 Å². The van der Waals surface area contributed by atoms with Crippen LogP contribution in [0.4, 0.5) is 17.5 Å². The highest BCUT2D eigenvalue weighted by Gasteiger charge is 2.27. The molecular weight excluding hydrogens is 366 g/mol. The van der Waals surface area contributed by atoms with E-state index in [1.165, 1.54) is 0 Å². The summed E-state index contributed by atoms with van der Waals surface area (Å²) in [6, 6.07) is 7.87. The smallest absolute Gasteiger partial charge is 0.325 e. The lowest BCUT2D eigenvalue weighted by molar-refractivity contribution is -0.141. The number of halogens is 1. The summed E-state index contributed by atoms with van der Waals surface area (Å²) in [5, 5.41) is 3.87. The van der Waals surface area contributed by atoms with Crippen molar-refractivity contribution in [3.8, 4) is 0 Å². The first-order valence-electron chi connectivity index (χ1n) is 9.00. The molecule has 1 N–H and O–H groups in total. The Morgan fingerprint density at radius 1 is 1.37 bits per heavy atom. The predicted molar refractivity (Wildman–Crippen MR) is 107 cm³/mol. The maximum absolute atomic E-state index is 12.1. The summed E-state index contributed by atoms with van der Waals surface area (Å²) in [5.74, 6) is 0.995. The SMILES string of the molecule is CCOC(=O)CN1CN(c2ccccc2Cl)Cc2cnc(NC(C)C)nc21. The quantitative estimate of drug-likeness (QED) is 0.760. The van der Waals surface area contributed by atoms with Gasteiger partial charge in [-0.2, -0.15) is 4.98 Å². The zero-order chi connectivity index (χ0) is 19.4. The molecule has 0 aliphatic carbocycles. The molecule has 144 valence electrons. The predicted octanol–water partition coefficient (Wildman–Crippen LogP) is 3.30. The van der Waals surface area contributed by atoms with Gasteiger partial charge in [0.05, 0.1) is 24.0 Å². The minimum atomic E-state index is -0.290. The number of ether oxygens (including phenoxy) is 1. The van der Waals surface area contributed by atoms with Gasteiger partial charge in [0.25, 0.3) is 0 Å².